The summed E-state index contributed by atoms with van der Waals surface area (Å²) in [6.45, 7) is 1.98. The lowest BCUT2D eigenvalue weighted by Crippen LogP contribution is -2.19. The summed E-state index contributed by atoms with van der Waals surface area (Å²) in [5.41, 5.74) is 4.01. The second kappa shape index (κ2) is 8.67. The highest BCUT2D eigenvalue weighted by molar-refractivity contribution is 6.00. The standard InChI is InChI=1S/C22H21N3O2/c1-16-8-5-6-9-17(16)14-21(26)23-19-12-7-13-20(15-19)25-22(27)24-18-10-3-2-4-11-18/h2-13,15H,14H2,1H3,(H,23,26)(H2,24,25,27). The second-order valence-electron chi connectivity index (χ2n) is 6.18. The lowest BCUT2D eigenvalue weighted by molar-refractivity contribution is -0.115. The van der Waals surface area contributed by atoms with Crippen molar-refractivity contribution >= 4 is 29.0 Å². The van der Waals surface area contributed by atoms with Crippen LogP contribution in [0.25, 0.3) is 0 Å². The van der Waals surface area contributed by atoms with Crippen LogP contribution in [-0.2, 0) is 11.2 Å². The number of hydrogen-bond donors (Lipinski definition) is 3. The molecule has 136 valence electrons. The highest BCUT2D eigenvalue weighted by Gasteiger charge is 2.08. The molecule has 3 aromatic carbocycles. The third-order valence-electron chi connectivity index (χ3n) is 4.05. The van der Waals surface area contributed by atoms with Crippen LogP contribution in [0.5, 0.6) is 0 Å². The number of aryl methyl sites for hydroxylation is 1. The van der Waals surface area contributed by atoms with E-state index in [9.17, 15) is 9.59 Å². The Morgan fingerprint density at radius 3 is 2.04 bits per heavy atom. The largest absolute Gasteiger partial charge is 0.326 e. The molecule has 0 atom stereocenters. The van der Waals surface area contributed by atoms with Crippen LogP contribution in [0.3, 0.4) is 0 Å². The average molecular weight is 359 g/mol. The van der Waals surface area contributed by atoms with Crippen LogP contribution in [-0.4, -0.2) is 11.9 Å². The summed E-state index contributed by atoms with van der Waals surface area (Å²) in [7, 11) is 0. The van der Waals surface area contributed by atoms with Crippen LogP contribution in [0.2, 0.25) is 0 Å². The van der Waals surface area contributed by atoms with Gasteiger partial charge in [-0.3, -0.25) is 4.79 Å². The summed E-state index contributed by atoms with van der Waals surface area (Å²) in [6, 6.07) is 23.7. The minimum atomic E-state index is -0.343. The number of rotatable bonds is 5. The topological polar surface area (TPSA) is 70.2 Å². The molecule has 5 heteroatoms. The predicted octanol–water partition coefficient (Wildman–Crippen LogP) is 4.82. The monoisotopic (exact) mass is 359 g/mol. The number of hydrogen-bond acceptors (Lipinski definition) is 2. The van der Waals surface area contributed by atoms with Crippen LogP contribution in [0.15, 0.2) is 78.9 Å². The Labute approximate surface area is 158 Å². The molecule has 0 radical (unpaired) electrons. The van der Waals surface area contributed by atoms with Gasteiger partial charge in [-0.1, -0.05) is 48.5 Å². The van der Waals surface area contributed by atoms with Crippen LogP contribution in [0, 0.1) is 6.92 Å². The van der Waals surface area contributed by atoms with Gasteiger partial charge < -0.3 is 16.0 Å². The van der Waals surface area contributed by atoms with Gasteiger partial charge in [0.15, 0.2) is 0 Å². The highest BCUT2D eigenvalue weighted by Crippen LogP contribution is 2.17. The Hall–Kier alpha value is -3.60. The molecule has 3 amide bonds. The molecule has 0 bridgehead atoms. The lowest BCUT2D eigenvalue weighted by Gasteiger charge is -2.10. The summed E-state index contributed by atoms with van der Waals surface area (Å²) in [5.74, 6) is -0.102. The Kier molecular flexibility index (Phi) is 5.84. The van der Waals surface area contributed by atoms with Gasteiger partial charge in [0.1, 0.15) is 0 Å². The molecule has 3 aromatic rings. The molecule has 0 saturated heterocycles. The van der Waals surface area contributed by atoms with E-state index in [4.69, 9.17) is 0 Å². The van der Waals surface area contributed by atoms with Crippen molar-refractivity contribution in [1.82, 2.24) is 0 Å². The number of urea groups is 1. The summed E-state index contributed by atoms with van der Waals surface area (Å²) >= 11 is 0. The Balaban J connectivity index is 1.59. The van der Waals surface area contributed by atoms with Crippen LogP contribution in [0.4, 0.5) is 21.9 Å². The molecule has 0 heterocycles. The van der Waals surface area contributed by atoms with Gasteiger partial charge in [-0.2, -0.15) is 0 Å². The maximum Gasteiger partial charge on any atom is 0.323 e. The minimum absolute atomic E-state index is 0.102. The van der Waals surface area contributed by atoms with Crippen LogP contribution in [0.1, 0.15) is 11.1 Å². The Bertz CT molecular complexity index is 939. The molecule has 27 heavy (non-hydrogen) atoms. The van der Waals surface area contributed by atoms with Crippen molar-refractivity contribution in [1.29, 1.82) is 0 Å². The maximum atomic E-state index is 12.3. The van der Waals surface area contributed by atoms with E-state index in [1.54, 1.807) is 24.3 Å². The van der Waals surface area contributed by atoms with E-state index >= 15 is 0 Å². The maximum absolute atomic E-state index is 12.3. The van der Waals surface area contributed by atoms with Gasteiger partial charge in [-0.05, 0) is 48.4 Å². The molecular formula is C22H21N3O2. The molecular weight excluding hydrogens is 338 g/mol. The second-order valence-corrected chi connectivity index (χ2v) is 6.18. The zero-order valence-corrected chi connectivity index (χ0v) is 15.0. The third kappa shape index (κ3) is 5.44. The summed E-state index contributed by atoms with van der Waals surface area (Å²) in [6.07, 6.45) is 0.304. The number of nitrogens with one attached hydrogen (secondary N) is 3. The van der Waals surface area contributed by atoms with E-state index < -0.39 is 0 Å². The Morgan fingerprint density at radius 1 is 0.704 bits per heavy atom. The first-order valence-corrected chi connectivity index (χ1v) is 8.67. The van der Waals surface area contributed by atoms with Crippen molar-refractivity contribution in [2.75, 3.05) is 16.0 Å². The van der Waals surface area contributed by atoms with E-state index in [0.29, 0.717) is 23.5 Å². The zero-order chi connectivity index (χ0) is 19.1. The molecule has 0 aliphatic heterocycles. The van der Waals surface area contributed by atoms with Crippen molar-refractivity contribution in [2.24, 2.45) is 0 Å². The third-order valence-corrected chi connectivity index (χ3v) is 4.05. The average Bonchev–Trinajstić information content (AvgIpc) is 2.64. The van der Waals surface area contributed by atoms with E-state index in [1.165, 1.54) is 0 Å². The van der Waals surface area contributed by atoms with Gasteiger partial charge in [0.25, 0.3) is 0 Å². The van der Waals surface area contributed by atoms with Crippen molar-refractivity contribution in [2.45, 2.75) is 13.3 Å². The summed E-state index contributed by atoms with van der Waals surface area (Å²) in [4.78, 5) is 24.4. The van der Waals surface area contributed by atoms with Gasteiger partial charge in [0.2, 0.25) is 5.91 Å². The van der Waals surface area contributed by atoms with Crippen molar-refractivity contribution in [3.63, 3.8) is 0 Å². The van der Waals surface area contributed by atoms with E-state index in [1.807, 2.05) is 61.5 Å². The number of amides is 3. The first-order valence-electron chi connectivity index (χ1n) is 8.67. The summed E-state index contributed by atoms with van der Waals surface area (Å²) < 4.78 is 0. The molecule has 0 aliphatic rings. The van der Waals surface area contributed by atoms with E-state index in [0.717, 1.165) is 11.1 Å². The molecule has 0 saturated carbocycles. The van der Waals surface area contributed by atoms with Crippen molar-refractivity contribution in [3.05, 3.63) is 90.0 Å². The minimum Gasteiger partial charge on any atom is -0.326 e. The predicted molar refractivity (Wildman–Crippen MR) is 109 cm³/mol. The number of para-hydroxylation sites is 1. The lowest BCUT2D eigenvalue weighted by atomic mass is 10.1. The van der Waals surface area contributed by atoms with Crippen molar-refractivity contribution in [3.8, 4) is 0 Å². The van der Waals surface area contributed by atoms with Crippen molar-refractivity contribution < 1.29 is 9.59 Å². The fourth-order valence-corrected chi connectivity index (χ4v) is 2.68. The van der Waals surface area contributed by atoms with Gasteiger partial charge in [0, 0.05) is 17.1 Å². The van der Waals surface area contributed by atoms with E-state index in [2.05, 4.69) is 16.0 Å². The molecule has 0 aliphatic carbocycles. The van der Waals surface area contributed by atoms with Gasteiger partial charge in [-0.25, -0.2) is 4.79 Å². The van der Waals surface area contributed by atoms with E-state index in [-0.39, 0.29) is 11.9 Å². The smallest absolute Gasteiger partial charge is 0.323 e. The SMILES string of the molecule is Cc1ccccc1CC(=O)Nc1cccc(NC(=O)Nc2ccccc2)c1. The van der Waals surface area contributed by atoms with Gasteiger partial charge in [-0.15, -0.1) is 0 Å². The number of anilines is 3. The molecule has 0 aromatic heterocycles. The van der Waals surface area contributed by atoms with Crippen LogP contribution < -0.4 is 16.0 Å². The Morgan fingerprint density at radius 2 is 1.30 bits per heavy atom. The number of benzene rings is 3. The quantitative estimate of drug-likeness (QED) is 0.611. The first kappa shape index (κ1) is 18.2. The zero-order valence-electron chi connectivity index (χ0n) is 15.0. The molecule has 5 nitrogen and oxygen atoms in total. The molecule has 0 unspecified atom stereocenters. The molecule has 3 rings (SSSR count). The molecule has 0 fully saturated rings. The van der Waals surface area contributed by atoms with Crippen LogP contribution >= 0.6 is 0 Å². The molecule has 3 N–H and O–H groups in total. The first-order chi connectivity index (χ1) is 13.1. The number of carbonyl (C=O) groups excluding carboxylic acids is 2. The van der Waals surface area contributed by atoms with Gasteiger partial charge >= 0.3 is 6.03 Å². The summed E-state index contributed by atoms with van der Waals surface area (Å²) in [5, 5.41) is 8.38. The molecule has 0 spiro atoms. The number of carbonyl (C=O) groups is 2. The fraction of sp³-hybridized carbons (Fsp3) is 0.0909. The highest BCUT2D eigenvalue weighted by atomic mass is 16.2. The normalized spacial score (nSPS) is 10.1. The van der Waals surface area contributed by atoms with Gasteiger partial charge in [0.05, 0.1) is 6.42 Å². The fourth-order valence-electron chi connectivity index (χ4n) is 2.68.